The molecule has 0 saturated carbocycles. The zero-order valence-corrected chi connectivity index (χ0v) is 10.6. The number of allylic oxidation sites excluding steroid dienone is 1. The Hall–Kier alpha value is -1.03. The molecular weight excluding hydrogens is 268 g/mol. The van der Waals surface area contributed by atoms with Crippen molar-refractivity contribution in [3.63, 3.8) is 0 Å². The van der Waals surface area contributed by atoms with Gasteiger partial charge in [-0.25, -0.2) is 0 Å². The van der Waals surface area contributed by atoms with Crippen LogP contribution in [0.5, 0.6) is 0 Å². The minimum atomic E-state index is -0.0377. The number of aromatic nitrogens is 1. The average molecular weight is 283 g/mol. The van der Waals surface area contributed by atoms with Gasteiger partial charge in [-0.05, 0) is 47.7 Å². The summed E-state index contributed by atoms with van der Waals surface area (Å²) in [5.74, 6) is -0.0377. The van der Waals surface area contributed by atoms with Crippen LogP contribution < -0.4 is 5.32 Å². The number of carbonyl (C=O) groups excluding carboxylic acids is 1. The van der Waals surface area contributed by atoms with Crippen LogP contribution in [0, 0.1) is 0 Å². The summed E-state index contributed by atoms with van der Waals surface area (Å²) in [6, 6.07) is 1.78. The lowest BCUT2D eigenvalue weighted by atomic mass is 10.2. The van der Waals surface area contributed by atoms with Gasteiger partial charge in [0.25, 0.3) is 5.91 Å². The lowest BCUT2D eigenvalue weighted by Crippen LogP contribution is -2.24. The van der Waals surface area contributed by atoms with Gasteiger partial charge in [0.1, 0.15) is 5.69 Å². The van der Waals surface area contributed by atoms with E-state index in [0.717, 1.165) is 17.4 Å². The molecule has 2 rings (SSSR count). The molecule has 0 unspecified atom stereocenters. The van der Waals surface area contributed by atoms with Crippen molar-refractivity contribution in [3.05, 3.63) is 34.1 Å². The number of aromatic amines is 1. The van der Waals surface area contributed by atoms with Crippen LogP contribution in [0.2, 0.25) is 0 Å². The van der Waals surface area contributed by atoms with Gasteiger partial charge in [-0.2, -0.15) is 0 Å². The van der Waals surface area contributed by atoms with E-state index >= 15 is 0 Å². The summed E-state index contributed by atoms with van der Waals surface area (Å²) < 4.78 is 0.899. The Bertz CT molecular complexity index is 409. The smallest absolute Gasteiger partial charge is 0.267 e. The molecule has 1 heterocycles. The maximum Gasteiger partial charge on any atom is 0.267 e. The Labute approximate surface area is 103 Å². The third-order valence-corrected chi connectivity index (χ3v) is 3.22. The number of carbonyl (C=O) groups is 1. The van der Waals surface area contributed by atoms with Gasteiger partial charge in [-0.3, -0.25) is 4.79 Å². The second-order valence-corrected chi connectivity index (χ2v) is 4.91. The Kier molecular flexibility index (Phi) is 3.83. The maximum atomic E-state index is 11.6. The third kappa shape index (κ3) is 2.98. The topological polar surface area (TPSA) is 44.9 Å². The zero-order valence-electron chi connectivity index (χ0n) is 9.05. The third-order valence-electron chi connectivity index (χ3n) is 2.76. The first-order valence-corrected chi connectivity index (χ1v) is 6.35. The monoisotopic (exact) mass is 282 g/mol. The number of amides is 1. The lowest BCUT2D eigenvalue weighted by molar-refractivity contribution is 0.0949. The van der Waals surface area contributed by atoms with E-state index in [1.54, 1.807) is 12.3 Å². The van der Waals surface area contributed by atoms with Crippen LogP contribution in [-0.2, 0) is 0 Å². The molecule has 3 nitrogen and oxygen atoms in total. The first-order valence-electron chi connectivity index (χ1n) is 5.56. The fourth-order valence-electron chi connectivity index (χ4n) is 1.90. The highest BCUT2D eigenvalue weighted by Crippen LogP contribution is 2.19. The molecule has 0 saturated heterocycles. The summed E-state index contributed by atoms with van der Waals surface area (Å²) in [5, 5.41) is 2.91. The first kappa shape index (κ1) is 11.5. The Morgan fingerprint density at radius 2 is 2.44 bits per heavy atom. The van der Waals surface area contributed by atoms with Crippen molar-refractivity contribution in [3.8, 4) is 0 Å². The molecule has 0 aromatic carbocycles. The highest BCUT2D eigenvalue weighted by Gasteiger charge is 2.08. The summed E-state index contributed by atoms with van der Waals surface area (Å²) in [6.45, 7) is 0.724. The molecule has 1 aliphatic carbocycles. The van der Waals surface area contributed by atoms with Crippen LogP contribution in [0.1, 0.15) is 36.2 Å². The average Bonchev–Trinajstić information content (AvgIpc) is 2.89. The minimum absolute atomic E-state index is 0.0377. The van der Waals surface area contributed by atoms with E-state index in [9.17, 15) is 4.79 Å². The van der Waals surface area contributed by atoms with Gasteiger partial charge in [-0.1, -0.05) is 11.6 Å². The summed E-state index contributed by atoms with van der Waals surface area (Å²) in [6.07, 6.45) is 8.70. The molecule has 0 atom stereocenters. The molecule has 0 spiro atoms. The molecule has 16 heavy (non-hydrogen) atoms. The minimum Gasteiger partial charge on any atom is -0.356 e. The predicted molar refractivity (Wildman–Crippen MR) is 67.4 cm³/mol. The summed E-state index contributed by atoms with van der Waals surface area (Å²) >= 11 is 3.30. The van der Waals surface area contributed by atoms with E-state index < -0.39 is 0 Å². The fourth-order valence-corrected chi connectivity index (χ4v) is 2.24. The van der Waals surface area contributed by atoms with Crippen molar-refractivity contribution in [1.29, 1.82) is 0 Å². The van der Waals surface area contributed by atoms with Crippen LogP contribution in [0.25, 0.3) is 0 Å². The number of H-pyrrole nitrogens is 1. The Morgan fingerprint density at radius 3 is 3.06 bits per heavy atom. The van der Waals surface area contributed by atoms with Gasteiger partial charge < -0.3 is 10.3 Å². The molecule has 1 aromatic heterocycles. The van der Waals surface area contributed by atoms with E-state index in [1.165, 1.54) is 24.8 Å². The summed E-state index contributed by atoms with van der Waals surface area (Å²) in [4.78, 5) is 14.6. The molecule has 1 amide bonds. The zero-order chi connectivity index (χ0) is 11.4. The molecule has 1 aliphatic rings. The van der Waals surface area contributed by atoms with E-state index in [0.29, 0.717) is 5.69 Å². The van der Waals surface area contributed by atoms with Crippen molar-refractivity contribution in [2.24, 2.45) is 0 Å². The molecule has 4 heteroatoms. The molecule has 86 valence electrons. The van der Waals surface area contributed by atoms with Gasteiger partial charge in [0, 0.05) is 17.2 Å². The van der Waals surface area contributed by atoms with Gasteiger partial charge >= 0.3 is 0 Å². The molecule has 0 aliphatic heterocycles. The number of halogens is 1. The van der Waals surface area contributed by atoms with Gasteiger partial charge in [0.05, 0.1) is 0 Å². The van der Waals surface area contributed by atoms with Crippen LogP contribution in [-0.4, -0.2) is 17.4 Å². The molecule has 0 radical (unpaired) electrons. The number of hydrogen-bond donors (Lipinski definition) is 2. The van der Waals surface area contributed by atoms with Gasteiger partial charge in [0.15, 0.2) is 0 Å². The number of hydrogen-bond acceptors (Lipinski definition) is 1. The molecular formula is C12H15BrN2O. The van der Waals surface area contributed by atoms with Crippen LogP contribution in [0.4, 0.5) is 0 Å². The van der Waals surface area contributed by atoms with Crippen LogP contribution >= 0.6 is 15.9 Å². The quantitative estimate of drug-likeness (QED) is 0.820. The molecule has 2 N–H and O–H groups in total. The fraction of sp³-hybridized carbons (Fsp3) is 0.417. The Balaban J connectivity index is 1.75. The molecule has 0 fully saturated rings. The van der Waals surface area contributed by atoms with E-state index in [-0.39, 0.29) is 5.91 Å². The number of nitrogens with one attached hydrogen (secondary N) is 2. The predicted octanol–water partition coefficient (Wildman–Crippen LogP) is 3.01. The SMILES string of the molecule is O=C(NCCC1=CCCC1)c1cc(Br)c[nH]1. The van der Waals surface area contributed by atoms with E-state index in [2.05, 4.69) is 32.3 Å². The second-order valence-electron chi connectivity index (χ2n) is 3.99. The lowest BCUT2D eigenvalue weighted by Gasteiger charge is -2.04. The standard InChI is InChI=1S/C12H15BrN2O/c13-10-7-11(15-8-10)12(16)14-6-5-9-3-1-2-4-9/h3,7-8,15H,1-2,4-6H2,(H,14,16). The largest absolute Gasteiger partial charge is 0.356 e. The normalized spacial score (nSPS) is 14.9. The van der Waals surface area contributed by atoms with Crippen molar-refractivity contribution in [1.82, 2.24) is 10.3 Å². The van der Waals surface area contributed by atoms with Crippen LogP contribution in [0.15, 0.2) is 28.4 Å². The van der Waals surface area contributed by atoms with Crippen LogP contribution in [0.3, 0.4) is 0 Å². The van der Waals surface area contributed by atoms with Gasteiger partial charge in [-0.15, -0.1) is 0 Å². The van der Waals surface area contributed by atoms with Crippen molar-refractivity contribution in [2.75, 3.05) is 6.54 Å². The van der Waals surface area contributed by atoms with Crippen molar-refractivity contribution in [2.45, 2.75) is 25.7 Å². The highest BCUT2D eigenvalue weighted by molar-refractivity contribution is 9.10. The summed E-state index contributed by atoms with van der Waals surface area (Å²) in [5.41, 5.74) is 2.08. The summed E-state index contributed by atoms with van der Waals surface area (Å²) in [7, 11) is 0. The van der Waals surface area contributed by atoms with Crippen molar-refractivity contribution < 1.29 is 4.79 Å². The number of rotatable bonds is 4. The highest BCUT2D eigenvalue weighted by atomic mass is 79.9. The molecule has 0 bridgehead atoms. The second kappa shape index (κ2) is 5.34. The van der Waals surface area contributed by atoms with Gasteiger partial charge in [0.2, 0.25) is 0 Å². The maximum absolute atomic E-state index is 11.6. The van der Waals surface area contributed by atoms with E-state index in [1.807, 2.05) is 0 Å². The van der Waals surface area contributed by atoms with Crippen molar-refractivity contribution >= 4 is 21.8 Å². The Morgan fingerprint density at radius 1 is 1.56 bits per heavy atom. The first-order chi connectivity index (χ1) is 7.75. The van der Waals surface area contributed by atoms with E-state index in [4.69, 9.17) is 0 Å². The molecule has 1 aromatic rings.